The van der Waals surface area contributed by atoms with Crippen LogP contribution in [-0.2, 0) is 14.3 Å². The number of carbonyl (C=O) groups is 1. The summed E-state index contributed by atoms with van der Waals surface area (Å²) in [6.45, 7) is -1.79. The van der Waals surface area contributed by atoms with E-state index >= 15 is 0 Å². The summed E-state index contributed by atoms with van der Waals surface area (Å²) >= 11 is 0. The third-order valence-corrected chi connectivity index (χ3v) is 3.61. The maximum atomic E-state index is 10.6. The highest BCUT2D eigenvalue weighted by atomic mass is 16.7. The van der Waals surface area contributed by atoms with Crippen LogP contribution in [0.5, 0.6) is 0 Å². The molecule has 0 unspecified atom stereocenters. The third kappa shape index (κ3) is 4.58. The topological polar surface area (TPSA) is 220 Å². The molecule has 0 aliphatic carbocycles. The normalized spacial score (nSPS) is 35.9. The van der Waals surface area contributed by atoms with Crippen LogP contribution in [0.4, 0.5) is 0 Å². The van der Waals surface area contributed by atoms with Crippen LogP contribution in [0.25, 0.3) is 0 Å². The number of hydrogen-bond donors (Lipinski definition) is 8. The predicted octanol–water partition coefficient (Wildman–Crippen LogP) is -7.00. The highest BCUT2D eigenvalue weighted by Gasteiger charge is 2.46. The predicted molar refractivity (Wildman–Crippen MR) is 68.8 cm³/mol. The molecule has 1 heterocycles. The van der Waals surface area contributed by atoms with Gasteiger partial charge >= 0.3 is 0 Å². The zero-order chi connectivity index (χ0) is 18.6. The highest BCUT2D eigenvalue weighted by Crippen LogP contribution is 2.24. The van der Waals surface area contributed by atoms with E-state index in [1.807, 2.05) is 0 Å². The minimum atomic E-state index is -2.50. The van der Waals surface area contributed by atoms with Gasteiger partial charge < -0.3 is 60.2 Å². The molecule has 142 valence electrons. The van der Waals surface area contributed by atoms with E-state index in [9.17, 15) is 40.5 Å². The summed E-state index contributed by atoms with van der Waals surface area (Å²) in [4.78, 5) is 10.6. The van der Waals surface area contributed by atoms with E-state index < -0.39 is 74.3 Å². The molecule has 12 heteroatoms. The van der Waals surface area contributed by atoms with Gasteiger partial charge in [-0.3, -0.25) is 0 Å². The van der Waals surface area contributed by atoms with Crippen LogP contribution in [0.1, 0.15) is 0 Å². The van der Waals surface area contributed by atoms with Crippen LogP contribution in [0, 0.1) is 0 Å². The molecule has 1 aliphatic heterocycles. The zero-order valence-electron chi connectivity index (χ0n) is 12.3. The van der Waals surface area contributed by atoms with Gasteiger partial charge in [0.25, 0.3) is 0 Å². The van der Waals surface area contributed by atoms with Crippen molar-refractivity contribution >= 4 is 5.97 Å². The second kappa shape index (κ2) is 8.96. The van der Waals surface area contributed by atoms with E-state index in [0.717, 1.165) is 0 Å². The van der Waals surface area contributed by atoms with Crippen LogP contribution in [-0.4, -0.2) is 115 Å². The van der Waals surface area contributed by atoms with Crippen LogP contribution in [0.2, 0.25) is 0 Å². The molecule has 1 aliphatic rings. The quantitative estimate of drug-likeness (QED) is 0.203. The molecule has 9 atom stereocenters. The zero-order valence-corrected chi connectivity index (χ0v) is 12.3. The summed E-state index contributed by atoms with van der Waals surface area (Å²) in [6.07, 6.45) is -17.3. The molecule has 1 rings (SSSR count). The first-order chi connectivity index (χ1) is 11.1. The number of ether oxygens (including phenoxy) is 2. The summed E-state index contributed by atoms with van der Waals surface area (Å²) in [7, 11) is 0. The first kappa shape index (κ1) is 21.1. The van der Waals surface area contributed by atoms with Crippen molar-refractivity contribution in [3.8, 4) is 0 Å². The van der Waals surface area contributed by atoms with Gasteiger partial charge in [0.15, 0.2) is 6.29 Å². The summed E-state index contributed by atoms with van der Waals surface area (Å²) in [6, 6.07) is 0. The molecule has 0 aromatic heterocycles. The molecule has 1 saturated heterocycles. The van der Waals surface area contributed by atoms with Gasteiger partial charge in [-0.2, -0.15) is 0 Å². The first-order valence-electron chi connectivity index (χ1n) is 6.97. The molecule has 0 aromatic rings. The average Bonchev–Trinajstić information content (AvgIpc) is 2.57. The molecule has 0 bridgehead atoms. The lowest BCUT2D eigenvalue weighted by Crippen LogP contribution is -2.62. The molecule has 0 saturated carbocycles. The summed E-state index contributed by atoms with van der Waals surface area (Å²) in [5, 5.41) is 86.3. The van der Waals surface area contributed by atoms with Crippen LogP contribution in [0.3, 0.4) is 0 Å². The number of aliphatic hydroxyl groups is 8. The number of aliphatic carboxylic acids is 1. The lowest BCUT2D eigenvalue weighted by Gasteiger charge is -2.42. The van der Waals surface area contributed by atoms with E-state index in [4.69, 9.17) is 19.7 Å². The van der Waals surface area contributed by atoms with Crippen molar-refractivity contribution in [2.45, 2.75) is 55.1 Å². The molecule has 12 nitrogen and oxygen atoms in total. The van der Waals surface area contributed by atoms with Gasteiger partial charge in [-0.05, 0) is 0 Å². The fourth-order valence-corrected chi connectivity index (χ4v) is 2.16. The van der Waals surface area contributed by atoms with Gasteiger partial charge in [0.1, 0.15) is 48.8 Å². The van der Waals surface area contributed by atoms with Crippen molar-refractivity contribution in [2.75, 3.05) is 13.2 Å². The van der Waals surface area contributed by atoms with Gasteiger partial charge in [-0.15, -0.1) is 0 Å². The molecule has 0 spiro atoms. The Morgan fingerprint density at radius 1 is 1.08 bits per heavy atom. The van der Waals surface area contributed by atoms with E-state index in [1.54, 1.807) is 0 Å². The lowest BCUT2D eigenvalue weighted by atomic mass is 9.98. The van der Waals surface area contributed by atoms with Gasteiger partial charge in [0, 0.05) is 0 Å². The summed E-state index contributed by atoms with van der Waals surface area (Å²) in [5.41, 5.74) is 0. The maximum Gasteiger partial charge on any atom is 0.187 e. The van der Waals surface area contributed by atoms with Crippen molar-refractivity contribution in [1.82, 2.24) is 0 Å². The number of carbonyl (C=O) groups excluding carboxylic acids is 1. The second-order valence-corrected chi connectivity index (χ2v) is 5.30. The average molecular weight is 357 g/mol. The van der Waals surface area contributed by atoms with Crippen molar-refractivity contribution in [2.24, 2.45) is 0 Å². The number of aliphatic hydroxyl groups excluding tert-OH is 8. The van der Waals surface area contributed by atoms with Gasteiger partial charge in [-0.1, -0.05) is 0 Å². The third-order valence-electron chi connectivity index (χ3n) is 3.61. The van der Waals surface area contributed by atoms with Crippen molar-refractivity contribution in [3.05, 3.63) is 0 Å². The van der Waals surface area contributed by atoms with Crippen molar-refractivity contribution in [3.63, 3.8) is 0 Å². The largest absolute Gasteiger partial charge is 0.547 e. The lowest BCUT2D eigenvalue weighted by molar-refractivity contribution is -0.336. The number of rotatable bonds is 8. The van der Waals surface area contributed by atoms with Crippen LogP contribution < -0.4 is 5.11 Å². The van der Waals surface area contributed by atoms with E-state index in [1.165, 1.54) is 0 Å². The van der Waals surface area contributed by atoms with Crippen molar-refractivity contribution in [1.29, 1.82) is 0 Å². The Balaban J connectivity index is 2.94. The Hall–Kier alpha value is -0.930. The molecule has 0 radical (unpaired) electrons. The van der Waals surface area contributed by atoms with E-state index in [-0.39, 0.29) is 0 Å². The Labute approximate surface area is 135 Å². The first-order valence-corrected chi connectivity index (χ1v) is 6.97. The van der Waals surface area contributed by atoms with Crippen molar-refractivity contribution < 1.29 is 60.2 Å². The summed E-state index contributed by atoms with van der Waals surface area (Å²) < 4.78 is 9.94. The molecular weight excluding hydrogens is 336 g/mol. The minimum Gasteiger partial charge on any atom is -0.547 e. The Morgan fingerprint density at radius 2 is 1.67 bits per heavy atom. The summed E-state index contributed by atoms with van der Waals surface area (Å²) in [5.74, 6) is -2.09. The fourth-order valence-electron chi connectivity index (χ4n) is 2.16. The maximum absolute atomic E-state index is 10.6. The Bertz CT molecular complexity index is 403. The molecule has 0 amide bonds. The molecule has 0 aromatic carbocycles. The van der Waals surface area contributed by atoms with Gasteiger partial charge in [0.2, 0.25) is 0 Å². The number of carboxylic acid groups (broad SMARTS) is 1. The standard InChI is InChI=1S/C12H22O12/c13-1-3(15)10(7(18)8(19)11(21)22)24-12-9(20)6(17)5(16)4(2-14)23-12/h3-10,12-20H,1-2H2,(H,21,22)/p-1/t3-,4-,5-,6+,7-,8-,9-,10-,12+/m1/s1. The fraction of sp³-hybridized carbons (Fsp3) is 0.917. The van der Waals surface area contributed by atoms with E-state index in [2.05, 4.69) is 0 Å². The molecule has 8 N–H and O–H groups in total. The second-order valence-electron chi connectivity index (χ2n) is 5.30. The Kier molecular flexibility index (Phi) is 7.88. The van der Waals surface area contributed by atoms with Crippen LogP contribution >= 0.6 is 0 Å². The van der Waals surface area contributed by atoms with Gasteiger partial charge in [-0.25, -0.2) is 0 Å². The Morgan fingerprint density at radius 3 is 2.12 bits per heavy atom. The SMILES string of the molecule is O=C([O-])[C@H](O)[C@@H](O)[C@H](O[C@@H]1O[C@H](CO)[C@@H](O)[C@H](O)[C@H]1O)[C@H](O)CO. The molecule has 1 fully saturated rings. The monoisotopic (exact) mass is 357 g/mol. The number of hydrogen-bond acceptors (Lipinski definition) is 12. The highest BCUT2D eigenvalue weighted by molar-refractivity contribution is 5.70. The van der Waals surface area contributed by atoms with E-state index in [0.29, 0.717) is 0 Å². The molecular formula is C12H21O12-. The molecule has 24 heavy (non-hydrogen) atoms. The van der Waals surface area contributed by atoms with Crippen LogP contribution in [0.15, 0.2) is 0 Å². The number of carboxylic acids is 1. The smallest absolute Gasteiger partial charge is 0.187 e. The van der Waals surface area contributed by atoms with Gasteiger partial charge in [0.05, 0.1) is 19.2 Å². The minimum absolute atomic E-state index is 0.776.